The van der Waals surface area contributed by atoms with Gasteiger partial charge in [0.1, 0.15) is 17.7 Å². The molecule has 6 rings (SSSR count). The van der Waals surface area contributed by atoms with Crippen molar-refractivity contribution in [2.75, 3.05) is 18.1 Å². The number of amides is 3. The zero-order chi connectivity index (χ0) is 39.4. The van der Waals surface area contributed by atoms with Gasteiger partial charge in [0.15, 0.2) is 0 Å². The Morgan fingerprint density at radius 1 is 1.09 bits per heavy atom. The van der Waals surface area contributed by atoms with E-state index < -0.39 is 77.0 Å². The second-order valence-corrected chi connectivity index (χ2v) is 16.1. The van der Waals surface area contributed by atoms with Crippen molar-refractivity contribution in [3.05, 3.63) is 126 Å². The molecule has 0 aliphatic carbocycles. The average Bonchev–Trinajstić information content (AvgIpc) is 3.78. The van der Waals surface area contributed by atoms with Crippen LogP contribution < -0.4 is 10.2 Å². The Labute approximate surface area is 335 Å². The van der Waals surface area contributed by atoms with Gasteiger partial charge in [-0.3, -0.25) is 19.2 Å². The third-order valence-electron chi connectivity index (χ3n) is 11.0. The van der Waals surface area contributed by atoms with Crippen LogP contribution in [-0.2, 0) is 35.1 Å². The third kappa shape index (κ3) is 7.77. The molecule has 3 aromatic rings. The van der Waals surface area contributed by atoms with Crippen LogP contribution in [-0.4, -0.2) is 81.5 Å². The van der Waals surface area contributed by atoms with Crippen molar-refractivity contribution in [2.24, 2.45) is 11.8 Å². The van der Waals surface area contributed by atoms with Crippen LogP contribution in [0.15, 0.2) is 104 Å². The first-order valence-corrected chi connectivity index (χ1v) is 19.9. The fourth-order valence-electron chi connectivity index (χ4n) is 8.62. The molecule has 3 aliphatic rings. The summed E-state index contributed by atoms with van der Waals surface area (Å²) in [7, 11) is 0. The number of hydrogen-bond donors (Lipinski definition) is 2. The molecular weight excluding hydrogens is 786 g/mol. The van der Waals surface area contributed by atoms with Gasteiger partial charge in [0.25, 0.3) is 5.91 Å². The van der Waals surface area contributed by atoms with Crippen LogP contribution in [0.1, 0.15) is 49.0 Å². The molecule has 1 spiro atoms. The molecule has 0 saturated carbocycles. The number of aliphatic hydroxyl groups excluding tert-OH is 1. The normalized spacial score (nSPS) is 25.4. The summed E-state index contributed by atoms with van der Waals surface area (Å²) < 4.78 is 13.1. The van der Waals surface area contributed by atoms with E-state index in [4.69, 9.17) is 21.1 Å². The van der Waals surface area contributed by atoms with Crippen LogP contribution in [0.2, 0.25) is 5.02 Å². The van der Waals surface area contributed by atoms with E-state index in [1.165, 1.54) is 9.80 Å². The lowest BCUT2D eigenvalue weighted by Crippen LogP contribution is -2.59. The molecule has 55 heavy (non-hydrogen) atoms. The molecule has 12 heteroatoms. The highest BCUT2D eigenvalue weighted by Gasteiger charge is 2.77. The first-order chi connectivity index (χ1) is 26.5. The molecule has 0 radical (unpaired) electrons. The topological polar surface area (TPSA) is 125 Å². The lowest BCUT2D eigenvalue weighted by Gasteiger charge is -2.40. The molecule has 3 aromatic carbocycles. The second kappa shape index (κ2) is 17.2. The summed E-state index contributed by atoms with van der Waals surface area (Å²) in [5.74, 6) is -4.06. The van der Waals surface area contributed by atoms with Crippen molar-refractivity contribution in [1.82, 2.24) is 10.2 Å². The zero-order valence-corrected chi connectivity index (χ0v) is 33.3. The van der Waals surface area contributed by atoms with Crippen molar-refractivity contribution in [2.45, 2.75) is 80.3 Å². The van der Waals surface area contributed by atoms with Crippen molar-refractivity contribution in [3.8, 4) is 0 Å². The van der Waals surface area contributed by atoms with Crippen LogP contribution in [0.5, 0.6) is 0 Å². The summed E-state index contributed by atoms with van der Waals surface area (Å²) in [4.78, 5) is 60.4. The average molecular weight is 833 g/mol. The standard InChI is InChI=1S/C43H47BrClN3O7/c1-5-7-21-33(50)46-27(4)37(29-18-12-9-13-19-29)54-42(53)34-35-40(51)48(30(25-49)23-28-16-10-8-11-17-28)39(43(35)24-31(44)38(34)55-43)41(52)47(22-6-2)36-26(3)15-14-20-32(36)45/h5-6,8-20,27,30-31,34-35,37-39,49H,1-2,7,21-25H2,3-4H3,(H,46,50)/t27-,30-,31?,34-,35+,37-,38-,39-,43+/m1/s1. The first-order valence-electron chi connectivity index (χ1n) is 18.6. The zero-order valence-electron chi connectivity index (χ0n) is 31.0. The van der Waals surface area contributed by atoms with Gasteiger partial charge < -0.3 is 29.7 Å². The number of aryl methyl sites for hydroxylation is 1. The molecule has 2 bridgehead atoms. The Bertz CT molecular complexity index is 1890. The minimum absolute atomic E-state index is 0.0764. The van der Waals surface area contributed by atoms with E-state index >= 15 is 9.59 Å². The highest BCUT2D eigenvalue weighted by molar-refractivity contribution is 9.09. The van der Waals surface area contributed by atoms with Gasteiger partial charge in [0, 0.05) is 17.8 Å². The van der Waals surface area contributed by atoms with E-state index in [-0.39, 0.29) is 31.7 Å². The molecule has 290 valence electrons. The first kappa shape index (κ1) is 40.4. The van der Waals surface area contributed by atoms with Gasteiger partial charge in [0.05, 0.1) is 47.3 Å². The van der Waals surface area contributed by atoms with Gasteiger partial charge >= 0.3 is 5.97 Å². The van der Waals surface area contributed by atoms with Gasteiger partial charge in [0.2, 0.25) is 11.8 Å². The fraction of sp³-hybridized carbons (Fsp3) is 0.395. The Kier molecular flexibility index (Phi) is 12.7. The summed E-state index contributed by atoms with van der Waals surface area (Å²) >= 11 is 10.5. The van der Waals surface area contributed by atoms with Gasteiger partial charge in [-0.1, -0.05) is 112 Å². The fourth-order valence-corrected chi connectivity index (χ4v) is 9.89. The molecule has 3 saturated heterocycles. The third-order valence-corrected chi connectivity index (χ3v) is 12.1. The van der Waals surface area contributed by atoms with E-state index in [0.717, 1.165) is 11.1 Å². The van der Waals surface area contributed by atoms with Crippen LogP contribution in [0, 0.1) is 18.8 Å². The lowest BCUT2D eigenvalue weighted by atomic mass is 9.70. The predicted molar refractivity (Wildman–Crippen MR) is 215 cm³/mol. The molecule has 9 atom stereocenters. The maximum Gasteiger partial charge on any atom is 0.313 e. The van der Waals surface area contributed by atoms with Crippen LogP contribution in [0.25, 0.3) is 0 Å². The van der Waals surface area contributed by atoms with Gasteiger partial charge in [-0.2, -0.15) is 0 Å². The Morgan fingerprint density at radius 2 is 1.78 bits per heavy atom. The van der Waals surface area contributed by atoms with Crippen LogP contribution in [0.4, 0.5) is 5.69 Å². The molecule has 1 unspecified atom stereocenters. The minimum Gasteiger partial charge on any atom is -0.455 e. The number of esters is 1. The highest BCUT2D eigenvalue weighted by Crippen LogP contribution is 2.61. The maximum absolute atomic E-state index is 15.3. The number of ether oxygens (including phenoxy) is 2. The van der Waals surface area contributed by atoms with Crippen molar-refractivity contribution in [1.29, 1.82) is 0 Å². The lowest BCUT2D eigenvalue weighted by molar-refractivity contribution is -0.162. The number of alkyl halides is 1. The molecule has 3 fully saturated rings. The molecule has 2 N–H and O–H groups in total. The molecule has 10 nitrogen and oxygen atoms in total. The van der Waals surface area contributed by atoms with E-state index in [2.05, 4.69) is 34.4 Å². The number of nitrogens with one attached hydrogen (secondary N) is 1. The van der Waals surface area contributed by atoms with Crippen molar-refractivity contribution >= 4 is 56.9 Å². The highest BCUT2D eigenvalue weighted by atomic mass is 79.9. The monoisotopic (exact) mass is 831 g/mol. The number of halogens is 2. The van der Waals surface area contributed by atoms with Gasteiger partial charge in [-0.25, -0.2) is 0 Å². The van der Waals surface area contributed by atoms with Gasteiger partial charge in [-0.15, -0.1) is 13.2 Å². The molecular formula is C43H47BrClN3O7. The number of fused-ring (bicyclic) bond motifs is 1. The predicted octanol–water partition coefficient (Wildman–Crippen LogP) is 6.27. The number of carbonyl (C=O) groups is 4. The summed E-state index contributed by atoms with van der Waals surface area (Å²) in [6.45, 7) is 10.8. The van der Waals surface area contributed by atoms with E-state index in [1.54, 1.807) is 31.2 Å². The largest absolute Gasteiger partial charge is 0.455 e. The van der Waals surface area contributed by atoms with E-state index in [9.17, 15) is 14.7 Å². The number of carbonyl (C=O) groups excluding carboxylic acids is 4. The van der Waals surface area contributed by atoms with Crippen LogP contribution >= 0.6 is 27.5 Å². The number of likely N-dealkylation sites (tertiary alicyclic amines) is 1. The van der Waals surface area contributed by atoms with Crippen molar-refractivity contribution in [3.63, 3.8) is 0 Å². The molecule has 0 aromatic heterocycles. The number of anilines is 1. The molecule has 3 amide bonds. The van der Waals surface area contributed by atoms with Crippen LogP contribution in [0.3, 0.4) is 0 Å². The minimum atomic E-state index is -1.46. The van der Waals surface area contributed by atoms with Gasteiger partial charge in [-0.05, 0) is 55.9 Å². The summed E-state index contributed by atoms with van der Waals surface area (Å²) in [6, 6.07) is 21.2. The summed E-state index contributed by atoms with van der Waals surface area (Å²) in [6.07, 6.45) is 2.76. The Hall–Kier alpha value is -4.29. The summed E-state index contributed by atoms with van der Waals surface area (Å²) in [5, 5.41) is 14.3. The maximum atomic E-state index is 15.3. The number of rotatable bonds is 16. The number of nitrogens with zero attached hydrogens (tertiary/aromatic N) is 2. The number of aliphatic hydroxyl groups is 1. The number of benzene rings is 3. The quantitative estimate of drug-likeness (QED) is 0.0991. The Balaban J connectivity index is 1.42. The molecule has 3 aliphatic heterocycles. The Morgan fingerprint density at radius 3 is 2.42 bits per heavy atom. The van der Waals surface area contributed by atoms with E-state index in [1.807, 2.05) is 73.7 Å². The van der Waals surface area contributed by atoms with E-state index in [0.29, 0.717) is 22.7 Å². The molecule has 3 heterocycles. The smallest absolute Gasteiger partial charge is 0.313 e. The summed E-state index contributed by atoms with van der Waals surface area (Å²) in [5.41, 5.74) is 1.27. The number of hydrogen-bond acceptors (Lipinski definition) is 7. The number of para-hydroxylation sites is 1. The number of allylic oxidation sites excluding steroid dienone is 1. The second-order valence-electron chi connectivity index (χ2n) is 14.5. The SMILES string of the molecule is C=CCCC(=O)N[C@H](C)[C@@H](OC(=O)[C@H]1[C@@H]2O[C@@]3(CC2Br)[C@@H]1C(=O)N([C@@H](CO)Cc1ccccc1)[C@@H]3C(=O)N(CC=C)c1c(C)cccc1Cl)c1ccccc1. The van der Waals surface area contributed by atoms with Crippen molar-refractivity contribution < 1.29 is 33.8 Å².